The minimum absolute atomic E-state index is 0.352. The van der Waals surface area contributed by atoms with E-state index in [0.717, 1.165) is 10.0 Å². The molecule has 0 fully saturated rings. The van der Waals surface area contributed by atoms with Crippen LogP contribution in [0.15, 0.2) is 34.8 Å². The number of carbonyl (C=O) groups is 2. The van der Waals surface area contributed by atoms with Crippen LogP contribution in [0.1, 0.15) is 19.4 Å². The predicted molar refractivity (Wildman–Crippen MR) is 77.7 cm³/mol. The lowest BCUT2D eigenvalue weighted by atomic mass is 10.0. The quantitative estimate of drug-likeness (QED) is 0.866. The number of benzene rings is 1. The highest BCUT2D eigenvalue weighted by Crippen LogP contribution is 2.14. The Morgan fingerprint density at radius 3 is 2.26 bits per heavy atom. The van der Waals surface area contributed by atoms with Crippen LogP contribution in [0.2, 0.25) is 0 Å². The van der Waals surface area contributed by atoms with Crippen LogP contribution in [0.4, 0.5) is 0 Å². The SMILES string of the molecule is CN(C(=O)C=Cc1ccc(Br)cc1)C(C)(C)C(=O)O. The normalized spacial score (nSPS) is 11.6. The molecule has 1 aromatic carbocycles. The molecule has 0 saturated heterocycles. The topological polar surface area (TPSA) is 57.6 Å². The van der Waals surface area contributed by atoms with Gasteiger partial charge in [-0.25, -0.2) is 4.79 Å². The van der Waals surface area contributed by atoms with Gasteiger partial charge in [0.05, 0.1) is 0 Å². The van der Waals surface area contributed by atoms with Crippen molar-refractivity contribution in [1.82, 2.24) is 4.90 Å². The van der Waals surface area contributed by atoms with Gasteiger partial charge >= 0.3 is 5.97 Å². The largest absolute Gasteiger partial charge is 0.480 e. The van der Waals surface area contributed by atoms with Gasteiger partial charge in [0, 0.05) is 17.6 Å². The van der Waals surface area contributed by atoms with E-state index in [1.54, 1.807) is 6.08 Å². The zero-order chi connectivity index (χ0) is 14.6. The predicted octanol–water partition coefficient (Wildman–Crippen LogP) is 2.78. The summed E-state index contributed by atoms with van der Waals surface area (Å²) in [5, 5.41) is 9.05. The average molecular weight is 326 g/mol. The number of carboxylic acids is 1. The van der Waals surface area contributed by atoms with Gasteiger partial charge in [0.25, 0.3) is 0 Å². The molecule has 0 aromatic heterocycles. The van der Waals surface area contributed by atoms with Crippen LogP contribution in [0.5, 0.6) is 0 Å². The number of halogens is 1. The number of hydrogen-bond donors (Lipinski definition) is 1. The summed E-state index contributed by atoms with van der Waals surface area (Å²) >= 11 is 3.33. The first-order chi connectivity index (χ1) is 8.75. The molecule has 0 atom stereocenters. The first kappa shape index (κ1) is 15.4. The molecule has 0 aliphatic heterocycles. The van der Waals surface area contributed by atoms with Crippen molar-refractivity contribution in [2.24, 2.45) is 0 Å². The van der Waals surface area contributed by atoms with Gasteiger partial charge in [-0.3, -0.25) is 4.79 Å². The fraction of sp³-hybridized carbons (Fsp3) is 0.286. The highest BCUT2D eigenvalue weighted by atomic mass is 79.9. The van der Waals surface area contributed by atoms with Gasteiger partial charge in [0.2, 0.25) is 5.91 Å². The summed E-state index contributed by atoms with van der Waals surface area (Å²) in [6, 6.07) is 7.45. The standard InChI is InChI=1S/C14H16BrNO3/c1-14(2,13(18)19)16(3)12(17)9-6-10-4-7-11(15)8-5-10/h4-9H,1-3H3,(H,18,19). The van der Waals surface area contributed by atoms with Crippen LogP contribution >= 0.6 is 15.9 Å². The summed E-state index contributed by atoms with van der Waals surface area (Å²) < 4.78 is 0.958. The maximum atomic E-state index is 11.9. The molecular formula is C14H16BrNO3. The molecule has 1 rings (SSSR count). The Bertz CT molecular complexity index is 506. The molecule has 0 aliphatic rings. The summed E-state index contributed by atoms with van der Waals surface area (Å²) in [6.07, 6.45) is 3.02. The Morgan fingerprint density at radius 1 is 1.26 bits per heavy atom. The van der Waals surface area contributed by atoms with E-state index < -0.39 is 11.5 Å². The molecule has 0 heterocycles. The number of carbonyl (C=O) groups excluding carboxylic acids is 1. The second-order valence-electron chi connectivity index (χ2n) is 4.65. The number of likely N-dealkylation sites (N-methyl/N-ethyl adjacent to an activating group) is 1. The summed E-state index contributed by atoms with van der Waals surface area (Å²) in [5.41, 5.74) is -0.362. The lowest BCUT2D eigenvalue weighted by Gasteiger charge is -2.30. The van der Waals surface area contributed by atoms with Crippen LogP contribution in [0, 0.1) is 0 Å². The van der Waals surface area contributed by atoms with Crippen LogP contribution < -0.4 is 0 Å². The molecule has 0 saturated carbocycles. The van der Waals surface area contributed by atoms with Gasteiger partial charge in [-0.15, -0.1) is 0 Å². The van der Waals surface area contributed by atoms with Crippen molar-refractivity contribution >= 4 is 33.9 Å². The summed E-state index contributed by atoms with van der Waals surface area (Å²) in [7, 11) is 1.47. The van der Waals surface area contributed by atoms with E-state index in [4.69, 9.17) is 5.11 Å². The number of amides is 1. The van der Waals surface area contributed by atoms with Crippen molar-refractivity contribution in [2.45, 2.75) is 19.4 Å². The molecule has 0 aliphatic carbocycles. The highest BCUT2D eigenvalue weighted by molar-refractivity contribution is 9.10. The van der Waals surface area contributed by atoms with Crippen LogP contribution in [-0.2, 0) is 9.59 Å². The molecule has 1 amide bonds. The molecule has 19 heavy (non-hydrogen) atoms. The average Bonchev–Trinajstić information content (AvgIpc) is 2.36. The second kappa shape index (κ2) is 6.02. The van der Waals surface area contributed by atoms with Crippen molar-refractivity contribution in [1.29, 1.82) is 0 Å². The lowest BCUT2D eigenvalue weighted by Crippen LogP contribution is -2.50. The van der Waals surface area contributed by atoms with E-state index in [1.807, 2.05) is 24.3 Å². The van der Waals surface area contributed by atoms with Gasteiger partial charge < -0.3 is 10.0 Å². The Balaban J connectivity index is 2.80. The molecule has 0 radical (unpaired) electrons. The fourth-order valence-corrected chi connectivity index (χ4v) is 1.54. The molecule has 5 heteroatoms. The molecular weight excluding hydrogens is 310 g/mol. The van der Waals surface area contributed by atoms with Crippen molar-refractivity contribution < 1.29 is 14.7 Å². The fourth-order valence-electron chi connectivity index (χ4n) is 1.27. The van der Waals surface area contributed by atoms with Crippen molar-refractivity contribution in [3.63, 3.8) is 0 Å². The zero-order valence-electron chi connectivity index (χ0n) is 11.1. The molecule has 0 bridgehead atoms. The first-order valence-corrected chi connectivity index (χ1v) is 6.49. The Kier molecular flexibility index (Phi) is 4.89. The Labute approximate surface area is 120 Å². The minimum Gasteiger partial charge on any atom is -0.480 e. The summed E-state index contributed by atoms with van der Waals surface area (Å²) in [6.45, 7) is 2.97. The molecule has 1 N–H and O–H groups in total. The molecule has 0 unspecified atom stereocenters. The third-order valence-electron chi connectivity index (χ3n) is 2.98. The van der Waals surface area contributed by atoms with Crippen LogP contribution in [0.25, 0.3) is 6.08 Å². The monoisotopic (exact) mass is 325 g/mol. The van der Waals surface area contributed by atoms with E-state index in [-0.39, 0.29) is 5.91 Å². The van der Waals surface area contributed by atoms with E-state index >= 15 is 0 Å². The first-order valence-electron chi connectivity index (χ1n) is 5.70. The van der Waals surface area contributed by atoms with E-state index in [2.05, 4.69) is 15.9 Å². The van der Waals surface area contributed by atoms with Gasteiger partial charge in [-0.05, 0) is 37.6 Å². The maximum absolute atomic E-state index is 11.9. The van der Waals surface area contributed by atoms with Crippen LogP contribution in [-0.4, -0.2) is 34.5 Å². The summed E-state index contributed by atoms with van der Waals surface area (Å²) in [4.78, 5) is 24.2. The molecule has 0 spiro atoms. The minimum atomic E-state index is -1.23. The van der Waals surface area contributed by atoms with E-state index in [9.17, 15) is 9.59 Å². The van der Waals surface area contributed by atoms with E-state index in [1.165, 1.54) is 31.9 Å². The van der Waals surface area contributed by atoms with E-state index in [0.29, 0.717) is 0 Å². The van der Waals surface area contributed by atoms with Gasteiger partial charge in [-0.1, -0.05) is 28.1 Å². The summed E-state index contributed by atoms with van der Waals surface area (Å²) in [5.74, 6) is -1.39. The lowest BCUT2D eigenvalue weighted by molar-refractivity contribution is -0.153. The molecule has 102 valence electrons. The van der Waals surface area contributed by atoms with Gasteiger partial charge in [-0.2, -0.15) is 0 Å². The van der Waals surface area contributed by atoms with Gasteiger partial charge in [0.15, 0.2) is 0 Å². The maximum Gasteiger partial charge on any atom is 0.329 e. The number of rotatable bonds is 4. The number of carboxylic acid groups (broad SMARTS) is 1. The van der Waals surface area contributed by atoms with Crippen molar-refractivity contribution in [3.05, 3.63) is 40.4 Å². The van der Waals surface area contributed by atoms with Gasteiger partial charge in [0.1, 0.15) is 5.54 Å². The Morgan fingerprint density at radius 2 is 1.79 bits per heavy atom. The zero-order valence-corrected chi connectivity index (χ0v) is 12.6. The van der Waals surface area contributed by atoms with Crippen LogP contribution in [0.3, 0.4) is 0 Å². The number of nitrogens with zero attached hydrogens (tertiary/aromatic N) is 1. The number of aliphatic carboxylic acids is 1. The highest BCUT2D eigenvalue weighted by Gasteiger charge is 2.34. The smallest absolute Gasteiger partial charge is 0.329 e. The van der Waals surface area contributed by atoms with Crippen molar-refractivity contribution in [2.75, 3.05) is 7.05 Å². The third kappa shape index (κ3) is 3.92. The molecule has 4 nitrogen and oxygen atoms in total. The second-order valence-corrected chi connectivity index (χ2v) is 5.56. The number of hydrogen-bond acceptors (Lipinski definition) is 2. The van der Waals surface area contributed by atoms with Crippen molar-refractivity contribution in [3.8, 4) is 0 Å². The Hall–Kier alpha value is -1.62. The third-order valence-corrected chi connectivity index (χ3v) is 3.51. The molecule has 1 aromatic rings.